The number of nitro groups is 1. The summed E-state index contributed by atoms with van der Waals surface area (Å²) in [5.74, 6) is -0.737. The van der Waals surface area contributed by atoms with Crippen molar-refractivity contribution in [3.63, 3.8) is 0 Å². The van der Waals surface area contributed by atoms with Crippen LogP contribution in [0.15, 0.2) is 0 Å². The second-order valence-corrected chi connectivity index (χ2v) is 16.2. The summed E-state index contributed by atoms with van der Waals surface area (Å²) in [6, 6.07) is -0.901. The van der Waals surface area contributed by atoms with E-state index in [0.29, 0.717) is 50.6 Å². The van der Waals surface area contributed by atoms with Gasteiger partial charge in [-0.1, -0.05) is 33.1 Å². The SMILES string of the molecule is CC(C)C[C@H](NC(=O)[C@H](CCCNC(=N)N[N+](=O)[O-])NC(=O)C1CCN(C(=O)OC(C)(C)C)CC1)B1O[C@@H]2C[C@@H]3C[C@@H](C3(C)C)[C@]2(C)O1. The topological polar surface area (TPSA) is 197 Å². The standard InChI is InChI=1S/C32H56BN7O8/c1-19(2)16-25(33-47-24-18-21-17-23(31(21,6)7)32(24,8)48-33)37-27(42)22(10-9-13-35-28(34)38-40(44)45)36-26(41)20-11-14-39(15-12-20)29(43)46-30(3,4)5/h19-25H,9-18H2,1-8H3,(H,36,41)(H,37,42)(H3,34,35,38)/t21-,22-,23-,24+,25-,32-/m0/s1. The molecule has 0 aromatic carbocycles. The minimum atomic E-state index is -0.901. The molecule has 0 spiro atoms. The van der Waals surface area contributed by atoms with Crippen molar-refractivity contribution in [3.8, 4) is 0 Å². The molecule has 3 amide bonds. The number of hydrogen-bond acceptors (Lipinski definition) is 9. The molecule has 48 heavy (non-hydrogen) atoms. The second-order valence-electron chi connectivity index (χ2n) is 16.2. The van der Waals surface area contributed by atoms with Crippen LogP contribution in [0.25, 0.3) is 0 Å². The predicted octanol–water partition coefficient (Wildman–Crippen LogP) is 3.00. The number of carbonyl (C=O) groups is 3. The summed E-state index contributed by atoms with van der Waals surface area (Å²) >= 11 is 0. The van der Waals surface area contributed by atoms with Crippen molar-refractivity contribution in [1.82, 2.24) is 26.3 Å². The molecule has 0 unspecified atom stereocenters. The third-order valence-corrected chi connectivity index (χ3v) is 10.7. The number of carbonyl (C=O) groups excluding carboxylic acids is 3. The minimum Gasteiger partial charge on any atom is -0.444 e. The van der Waals surface area contributed by atoms with E-state index in [4.69, 9.17) is 19.5 Å². The molecule has 5 aliphatic rings. The van der Waals surface area contributed by atoms with Gasteiger partial charge in [0.1, 0.15) is 11.6 Å². The van der Waals surface area contributed by atoms with E-state index < -0.39 is 47.4 Å². The molecular weight excluding hydrogens is 621 g/mol. The Hall–Kier alpha value is -3.14. The van der Waals surface area contributed by atoms with Gasteiger partial charge in [0.05, 0.1) is 17.6 Å². The minimum absolute atomic E-state index is 0.0398. The highest BCUT2D eigenvalue weighted by Gasteiger charge is 2.68. The highest BCUT2D eigenvalue weighted by Crippen LogP contribution is 2.65. The molecule has 15 nitrogen and oxygen atoms in total. The van der Waals surface area contributed by atoms with Gasteiger partial charge in [-0.25, -0.2) is 14.9 Å². The van der Waals surface area contributed by atoms with Crippen molar-refractivity contribution in [3.05, 3.63) is 10.1 Å². The van der Waals surface area contributed by atoms with Crippen LogP contribution in [0.3, 0.4) is 0 Å². The lowest BCUT2D eigenvalue weighted by atomic mass is 9.43. The Morgan fingerprint density at radius 2 is 1.79 bits per heavy atom. The largest absolute Gasteiger partial charge is 0.481 e. The molecule has 0 aromatic rings. The fraction of sp³-hybridized carbons (Fsp3) is 0.875. The van der Waals surface area contributed by atoms with E-state index in [-0.39, 0.29) is 48.1 Å². The van der Waals surface area contributed by atoms with Crippen molar-refractivity contribution in [2.75, 3.05) is 19.6 Å². The van der Waals surface area contributed by atoms with Crippen LogP contribution in [0, 0.1) is 44.6 Å². The number of hydrogen-bond donors (Lipinski definition) is 5. The zero-order valence-electron chi connectivity index (χ0n) is 29.9. The predicted molar refractivity (Wildman–Crippen MR) is 179 cm³/mol. The molecule has 3 saturated carbocycles. The van der Waals surface area contributed by atoms with Gasteiger partial charge in [-0.05, 0) is 95.8 Å². The Morgan fingerprint density at radius 1 is 1.12 bits per heavy atom. The number of nitrogens with one attached hydrogen (secondary N) is 5. The average Bonchev–Trinajstić information content (AvgIpc) is 3.34. The summed E-state index contributed by atoms with van der Waals surface area (Å²) in [5, 5.41) is 26.2. The fourth-order valence-corrected chi connectivity index (χ4v) is 7.96. The lowest BCUT2D eigenvalue weighted by molar-refractivity contribution is -0.525. The van der Waals surface area contributed by atoms with Gasteiger partial charge in [0, 0.05) is 25.6 Å². The van der Waals surface area contributed by atoms with Crippen LogP contribution in [0.1, 0.15) is 100 Å². The quantitative estimate of drug-likeness (QED) is 0.0511. The molecule has 2 aliphatic heterocycles. The maximum absolute atomic E-state index is 14.0. The number of nitrogens with zero attached hydrogens (tertiary/aromatic N) is 2. The molecule has 2 saturated heterocycles. The average molecular weight is 678 g/mol. The molecule has 5 fully saturated rings. The first-order valence-electron chi connectivity index (χ1n) is 17.5. The lowest BCUT2D eigenvalue weighted by Crippen LogP contribution is -2.65. The van der Waals surface area contributed by atoms with E-state index in [0.717, 1.165) is 12.8 Å². The molecule has 0 aromatic heterocycles. The molecule has 0 radical (unpaired) electrons. The van der Waals surface area contributed by atoms with Gasteiger partial charge in [-0.3, -0.25) is 15.0 Å². The van der Waals surface area contributed by atoms with Crippen molar-refractivity contribution in [2.24, 2.45) is 29.1 Å². The third-order valence-electron chi connectivity index (χ3n) is 10.7. The summed E-state index contributed by atoms with van der Waals surface area (Å²) in [4.78, 5) is 52.2. The fourth-order valence-electron chi connectivity index (χ4n) is 7.96. The molecule has 16 heteroatoms. The van der Waals surface area contributed by atoms with Crippen molar-refractivity contribution < 1.29 is 33.5 Å². The van der Waals surface area contributed by atoms with Crippen molar-refractivity contribution >= 4 is 31.0 Å². The third kappa shape index (κ3) is 8.90. The van der Waals surface area contributed by atoms with Crippen LogP contribution in [0.4, 0.5) is 4.79 Å². The molecular formula is C32H56BN7O8. The maximum atomic E-state index is 14.0. The van der Waals surface area contributed by atoms with Gasteiger partial charge in [-0.2, -0.15) is 0 Å². The normalized spacial score (nSPS) is 27.6. The highest BCUT2D eigenvalue weighted by molar-refractivity contribution is 6.48. The van der Waals surface area contributed by atoms with E-state index in [2.05, 4.69) is 50.6 Å². The van der Waals surface area contributed by atoms with Crippen molar-refractivity contribution in [1.29, 1.82) is 5.41 Å². The monoisotopic (exact) mass is 677 g/mol. The second kappa shape index (κ2) is 14.8. The Balaban J connectivity index is 1.41. The lowest BCUT2D eigenvalue weighted by Gasteiger charge is -2.64. The zero-order chi connectivity index (χ0) is 35.6. The number of likely N-dealkylation sites (tertiary alicyclic amines) is 1. The number of hydrazine groups is 1. The van der Waals surface area contributed by atoms with E-state index >= 15 is 0 Å². The van der Waals surface area contributed by atoms with E-state index in [1.54, 1.807) is 31.1 Å². The smallest absolute Gasteiger partial charge is 0.444 e. The van der Waals surface area contributed by atoms with E-state index in [1.807, 2.05) is 0 Å². The number of guanidine groups is 1. The van der Waals surface area contributed by atoms with E-state index in [9.17, 15) is 24.5 Å². The Labute approximate surface area is 284 Å². The zero-order valence-corrected chi connectivity index (χ0v) is 29.9. The van der Waals surface area contributed by atoms with Gasteiger partial charge in [-0.15, -0.1) is 0 Å². The summed E-state index contributed by atoms with van der Waals surface area (Å²) in [6.07, 6.45) is 3.65. The van der Waals surface area contributed by atoms with Crippen LogP contribution in [0.2, 0.25) is 0 Å². The first-order valence-corrected chi connectivity index (χ1v) is 17.5. The van der Waals surface area contributed by atoms with Gasteiger partial charge >= 0.3 is 13.2 Å². The molecule has 270 valence electrons. The van der Waals surface area contributed by atoms with Crippen LogP contribution in [-0.2, 0) is 23.6 Å². The van der Waals surface area contributed by atoms with Gasteiger partial charge in [0.2, 0.25) is 11.8 Å². The van der Waals surface area contributed by atoms with E-state index in [1.165, 1.54) is 0 Å². The molecule has 3 aliphatic carbocycles. The Kier molecular flexibility index (Phi) is 11.6. The Morgan fingerprint density at radius 3 is 2.38 bits per heavy atom. The number of amides is 3. The molecule has 5 N–H and O–H groups in total. The number of rotatable bonds is 12. The summed E-state index contributed by atoms with van der Waals surface area (Å²) < 4.78 is 18.7. The molecule has 6 atom stereocenters. The van der Waals surface area contributed by atoms with Crippen LogP contribution in [-0.4, -0.2) is 89.8 Å². The Bertz CT molecular complexity index is 1220. The summed E-state index contributed by atoms with van der Waals surface area (Å²) in [6.45, 7) is 17.2. The first kappa shape index (κ1) is 37.7. The molecule has 5 rings (SSSR count). The number of ether oxygens (including phenoxy) is 1. The number of piperidine rings is 1. The summed E-state index contributed by atoms with van der Waals surface area (Å²) in [5.41, 5.74) is 0.873. The molecule has 2 bridgehead atoms. The van der Waals surface area contributed by atoms with Gasteiger partial charge < -0.3 is 34.9 Å². The van der Waals surface area contributed by atoms with Crippen LogP contribution in [0.5, 0.6) is 0 Å². The first-order chi connectivity index (χ1) is 22.3. The summed E-state index contributed by atoms with van der Waals surface area (Å²) in [7, 11) is -0.620. The van der Waals surface area contributed by atoms with Gasteiger partial charge in [0.15, 0.2) is 5.03 Å². The molecule has 2 heterocycles. The maximum Gasteiger partial charge on any atom is 0.481 e. The van der Waals surface area contributed by atoms with Crippen LogP contribution >= 0.6 is 0 Å². The van der Waals surface area contributed by atoms with Crippen LogP contribution < -0.4 is 21.4 Å². The van der Waals surface area contributed by atoms with Gasteiger partial charge in [0.25, 0.3) is 5.96 Å². The van der Waals surface area contributed by atoms with Crippen molar-refractivity contribution in [2.45, 2.75) is 130 Å². The highest BCUT2D eigenvalue weighted by atomic mass is 16.7.